The summed E-state index contributed by atoms with van der Waals surface area (Å²) in [7, 11) is 1.71. The number of benzene rings is 1. The van der Waals surface area contributed by atoms with E-state index in [1.54, 1.807) is 18.0 Å². The molecule has 1 heterocycles. The summed E-state index contributed by atoms with van der Waals surface area (Å²) in [6, 6.07) is 5.50. The van der Waals surface area contributed by atoms with Crippen molar-refractivity contribution in [2.45, 2.75) is 13.3 Å². The maximum atomic E-state index is 12.0. The van der Waals surface area contributed by atoms with Crippen molar-refractivity contribution in [3.63, 3.8) is 0 Å². The maximum Gasteiger partial charge on any atom is 0.231 e. The predicted octanol–water partition coefficient (Wildman–Crippen LogP) is 3.14. The van der Waals surface area contributed by atoms with Crippen LogP contribution < -0.4 is 11.1 Å². The first-order chi connectivity index (χ1) is 8.90. The van der Waals surface area contributed by atoms with Crippen LogP contribution in [0.2, 0.25) is 5.02 Å². The lowest BCUT2D eigenvalue weighted by molar-refractivity contribution is -0.132. The van der Waals surface area contributed by atoms with E-state index in [4.69, 9.17) is 17.3 Å². The number of nitrogens with zero attached hydrogens (tertiary/aromatic N) is 1. The van der Waals surface area contributed by atoms with Crippen LogP contribution in [0.1, 0.15) is 13.3 Å². The standard InChI is InChI=1S/C13H15BrClN3O/c1-7-5-10(16)12(18(2)13(7)19)17-11-4-3-8(14)6-9(11)15/h3-4,6-7,17H,5,16H2,1-2H3. The quantitative estimate of drug-likeness (QED) is 0.866. The Hall–Kier alpha value is -1.20. The molecule has 2 rings (SSSR count). The Labute approximate surface area is 125 Å². The summed E-state index contributed by atoms with van der Waals surface area (Å²) in [6.07, 6.45) is 0.555. The second-order valence-electron chi connectivity index (χ2n) is 4.63. The molecule has 3 N–H and O–H groups in total. The van der Waals surface area contributed by atoms with Crippen LogP contribution in [0.4, 0.5) is 5.69 Å². The molecule has 6 heteroatoms. The SMILES string of the molecule is CC1CC(N)=C(Nc2ccc(Br)cc2Cl)N(C)C1=O. The topological polar surface area (TPSA) is 58.4 Å². The van der Waals surface area contributed by atoms with Gasteiger partial charge in [-0.05, 0) is 18.2 Å². The molecular weight excluding hydrogens is 330 g/mol. The van der Waals surface area contributed by atoms with E-state index in [2.05, 4.69) is 21.2 Å². The van der Waals surface area contributed by atoms with Gasteiger partial charge in [-0.25, -0.2) is 0 Å². The molecule has 1 unspecified atom stereocenters. The molecule has 1 aliphatic rings. The van der Waals surface area contributed by atoms with Gasteiger partial charge >= 0.3 is 0 Å². The van der Waals surface area contributed by atoms with E-state index in [-0.39, 0.29) is 11.8 Å². The summed E-state index contributed by atoms with van der Waals surface area (Å²) in [6.45, 7) is 1.87. The largest absolute Gasteiger partial charge is 0.399 e. The van der Waals surface area contributed by atoms with Crippen LogP contribution in [0.15, 0.2) is 34.2 Å². The van der Waals surface area contributed by atoms with E-state index >= 15 is 0 Å². The van der Waals surface area contributed by atoms with Crippen LogP contribution in [-0.4, -0.2) is 17.9 Å². The zero-order valence-electron chi connectivity index (χ0n) is 10.7. The molecule has 0 aliphatic carbocycles. The molecule has 1 aliphatic heterocycles. The van der Waals surface area contributed by atoms with Crippen molar-refractivity contribution >= 4 is 39.1 Å². The highest BCUT2D eigenvalue weighted by Crippen LogP contribution is 2.30. The number of hydrogen-bond acceptors (Lipinski definition) is 3. The highest BCUT2D eigenvalue weighted by Gasteiger charge is 2.28. The summed E-state index contributed by atoms with van der Waals surface area (Å²) in [4.78, 5) is 13.5. The van der Waals surface area contributed by atoms with Gasteiger partial charge in [-0.1, -0.05) is 34.5 Å². The zero-order chi connectivity index (χ0) is 14.2. The third kappa shape index (κ3) is 2.87. The van der Waals surface area contributed by atoms with E-state index in [0.717, 1.165) is 10.2 Å². The van der Waals surface area contributed by atoms with Crippen molar-refractivity contribution < 1.29 is 4.79 Å². The van der Waals surface area contributed by atoms with Gasteiger partial charge in [-0.15, -0.1) is 0 Å². The average Bonchev–Trinajstić information content (AvgIpc) is 2.34. The number of hydrogen-bond donors (Lipinski definition) is 2. The molecule has 0 aromatic heterocycles. The van der Waals surface area contributed by atoms with E-state index < -0.39 is 0 Å². The Morgan fingerprint density at radius 2 is 2.21 bits per heavy atom. The van der Waals surface area contributed by atoms with Crippen molar-refractivity contribution in [1.82, 2.24) is 4.90 Å². The number of carbonyl (C=O) groups excluding carboxylic acids is 1. The molecule has 0 fully saturated rings. The third-order valence-electron chi connectivity index (χ3n) is 3.10. The zero-order valence-corrected chi connectivity index (χ0v) is 13.0. The fourth-order valence-electron chi connectivity index (χ4n) is 2.05. The number of rotatable bonds is 2. The first kappa shape index (κ1) is 14.2. The number of halogens is 2. The Balaban J connectivity index is 2.31. The van der Waals surface area contributed by atoms with Gasteiger partial charge in [-0.2, -0.15) is 0 Å². The number of carbonyl (C=O) groups is 1. The summed E-state index contributed by atoms with van der Waals surface area (Å²) in [5.41, 5.74) is 7.40. The van der Waals surface area contributed by atoms with Crippen LogP contribution in [0.25, 0.3) is 0 Å². The van der Waals surface area contributed by atoms with Crippen LogP contribution >= 0.6 is 27.5 Å². The predicted molar refractivity (Wildman–Crippen MR) is 80.5 cm³/mol. The molecule has 19 heavy (non-hydrogen) atoms. The number of amides is 1. The summed E-state index contributed by atoms with van der Waals surface area (Å²) in [5.74, 6) is 0.563. The molecule has 0 bridgehead atoms. The molecule has 1 atom stereocenters. The van der Waals surface area contributed by atoms with Gasteiger partial charge in [0.05, 0.1) is 16.4 Å². The lowest BCUT2D eigenvalue weighted by Crippen LogP contribution is -2.40. The highest BCUT2D eigenvalue weighted by atomic mass is 79.9. The van der Waals surface area contributed by atoms with Crippen molar-refractivity contribution in [2.24, 2.45) is 11.7 Å². The minimum atomic E-state index is -0.0871. The first-order valence-electron chi connectivity index (χ1n) is 5.88. The normalized spacial score (nSPS) is 19.9. The second-order valence-corrected chi connectivity index (χ2v) is 5.95. The molecule has 1 aromatic carbocycles. The maximum absolute atomic E-state index is 12.0. The number of nitrogens with two attached hydrogens (primary N) is 1. The Morgan fingerprint density at radius 1 is 1.53 bits per heavy atom. The number of nitrogens with one attached hydrogen (secondary N) is 1. The minimum absolute atomic E-state index is 0.0462. The molecule has 0 radical (unpaired) electrons. The second kappa shape index (κ2) is 5.43. The van der Waals surface area contributed by atoms with Gasteiger partial charge in [0.15, 0.2) is 0 Å². The van der Waals surface area contributed by atoms with Crippen molar-refractivity contribution in [1.29, 1.82) is 0 Å². The third-order valence-corrected chi connectivity index (χ3v) is 3.91. The molecule has 0 saturated carbocycles. The Morgan fingerprint density at radius 3 is 2.84 bits per heavy atom. The van der Waals surface area contributed by atoms with E-state index in [1.807, 2.05) is 19.1 Å². The molecular formula is C13H15BrClN3O. The lowest BCUT2D eigenvalue weighted by atomic mass is 10.0. The van der Waals surface area contributed by atoms with Gasteiger partial charge in [0.2, 0.25) is 5.91 Å². The number of allylic oxidation sites excluding steroid dienone is 1. The van der Waals surface area contributed by atoms with Crippen LogP contribution in [0, 0.1) is 5.92 Å². The van der Waals surface area contributed by atoms with Gasteiger partial charge in [0.1, 0.15) is 5.82 Å². The monoisotopic (exact) mass is 343 g/mol. The Kier molecular flexibility index (Phi) is 4.06. The molecule has 1 aromatic rings. The average molecular weight is 345 g/mol. The van der Waals surface area contributed by atoms with Crippen LogP contribution in [-0.2, 0) is 4.79 Å². The fourth-order valence-corrected chi connectivity index (χ4v) is 2.77. The van der Waals surface area contributed by atoms with Crippen molar-refractivity contribution in [2.75, 3.05) is 12.4 Å². The highest BCUT2D eigenvalue weighted by molar-refractivity contribution is 9.10. The van der Waals surface area contributed by atoms with Crippen LogP contribution in [0.3, 0.4) is 0 Å². The van der Waals surface area contributed by atoms with Crippen LogP contribution in [0.5, 0.6) is 0 Å². The summed E-state index contributed by atoms with van der Waals surface area (Å²) >= 11 is 9.50. The number of anilines is 1. The smallest absolute Gasteiger partial charge is 0.231 e. The van der Waals surface area contributed by atoms with E-state index in [1.165, 1.54) is 0 Å². The van der Waals surface area contributed by atoms with Gasteiger partial charge < -0.3 is 11.1 Å². The summed E-state index contributed by atoms with van der Waals surface area (Å²) in [5, 5.41) is 3.70. The molecule has 102 valence electrons. The summed E-state index contributed by atoms with van der Waals surface area (Å²) < 4.78 is 0.895. The molecule has 1 amide bonds. The molecule has 4 nitrogen and oxygen atoms in total. The lowest BCUT2D eigenvalue weighted by Gasteiger charge is -2.31. The van der Waals surface area contributed by atoms with Gasteiger partial charge in [0.25, 0.3) is 0 Å². The minimum Gasteiger partial charge on any atom is -0.399 e. The Bertz CT molecular complexity index is 559. The molecule has 0 spiro atoms. The van der Waals surface area contributed by atoms with E-state index in [0.29, 0.717) is 23.0 Å². The van der Waals surface area contributed by atoms with E-state index in [9.17, 15) is 4.79 Å². The van der Waals surface area contributed by atoms with Gasteiger partial charge in [0, 0.05) is 23.9 Å². The van der Waals surface area contributed by atoms with Crippen molar-refractivity contribution in [3.8, 4) is 0 Å². The fraction of sp³-hybridized carbons (Fsp3) is 0.308. The molecule has 0 saturated heterocycles. The van der Waals surface area contributed by atoms with Gasteiger partial charge in [-0.3, -0.25) is 9.69 Å². The van der Waals surface area contributed by atoms with Crippen molar-refractivity contribution in [3.05, 3.63) is 39.2 Å². The first-order valence-corrected chi connectivity index (χ1v) is 7.05.